The highest BCUT2D eigenvalue weighted by atomic mass is 35.5. The van der Waals surface area contributed by atoms with Crippen LogP contribution in [0.25, 0.3) is 16.8 Å². The quantitative estimate of drug-likeness (QED) is 0.448. The fourth-order valence-corrected chi connectivity index (χ4v) is 4.50. The second-order valence-electron chi connectivity index (χ2n) is 8.00. The second-order valence-corrected chi connectivity index (χ2v) is 8.44. The molecule has 0 saturated heterocycles. The van der Waals surface area contributed by atoms with Gasteiger partial charge in [-0.3, -0.25) is 9.36 Å². The molecule has 0 bridgehead atoms. The van der Waals surface area contributed by atoms with Gasteiger partial charge < -0.3 is 0 Å². The maximum absolute atomic E-state index is 13.7. The minimum Gasteiger partial charge on any atom is -0.268 e. The van der Waals surface area contributed by atoms with E-state index in [1.54, 1.807) is 35.8 Å². The monoisotopic (exact) mass is 446 g/mol. The summed E-state index contributed by atoms with van der Waals surface area (Å²) in [6.45, 7) is 1.78. The van der Waals surface area contributed by atoms with Crippen LogP contribution in [0.4, 0.5) is 13.2 Å². The Bertz CT molecular complexity index is 1120. The van der Waals surface area contributed by atoms with Gasteiger partial charge in [0.05, 0.1) is 22.9 Å². The molecule has 1 fully saturated rings. The van der Waals surface area contributed by atoms with Crippen LogP contribution in [0.2, 0.25) is 5.02 Å². The molecule has 0 spiro atoms. The predicted molar refractivity (Wildman–Crippen MR) is 116 cm³/mol. The molecular weight excluding hydrogens is 425 g/mol. The first-order valence-electron chi connectivity index (χ1n) is 10.3. The SMILES string of the molecule is Cc1nc([C@H]2CC[C@@H](C(F)(F)F)CC2)n(-c2ccc(Cl)cc2)c(=O)c1-c1ccccc1. The number of aryl methyl sites for hydroxylation is 1. The van der Waals surface area contributed by atoms with Gasteiger partial charge >= 0.3 is 6.18 Å². The summed E-state index contributed by atoms with van der Waals surface area (Å²) >= 11 is 6.03. The van der Waals surface area contributed by atoms with E-state index in [9.17, 15) is 18.0 Å². The Morgan fingerprint density at radius 2 is 1.58 bits per heavy atom. The van der Waals surface area contributed by atoms with Crippen molar-refractivity contribution < 1.29 is 13.2 Å². The molecule has 31 heavy (non-hydrogen) atoms. The molecule has 7 heteroatoms. The summed E-state index contributed by atoms with van der Waals surface area (Å²) < 4.78 is 41.0. The average molecular weight is 447 g/mol. The third-order valence-corrected chi connectivity index (χ3v) is 6.24. The normalized spacial score (nSPS) is 19.4. The third-order valence-electron chi connectivity index (χ3n) is 5.99. The van der Waals surface area contributed by atoms with Gasteiger partial charge in [-0.2, -0.15) is 13.2 Å². The Morgan fingerprint density at radius 3 is 2.16 bits per heavy atom. The summed E-state index contributed by atoms with van der Waals surface area (Å²) in [6.07, 6.45) is -3.40. The Balaban J connectivity index is 1.84. The van der Waals surface area contributed by atoms with Crippen LogP contribution in [0.15, 0.2) is 59.4 Å². The van der Waals surface area contributed by atoms with Gasteiger partial charge in [-0.05, 0) is 62.4 Å². The van der Waals surface area contributed by atoms with Crippen molar-refractivity contribution in [2.45, 2.75) is 44.7 Å². The van der Waals surface area contributed by atoms with Crippen molar-refractivity contribution in [2.75, 3.05) is 0 Å². The molecule has 1 aliphatic carbocycles. The summed E-state index contributed by atoms with van der Waals surface area (Å²) in [7, 11) is 0. The Morgan fingerprint density at radius 1 is 0.968 bits per heavy atom. The first-order valence-corrected chi connectivity index (χ1v) is 10.6. The van der Waals surface area contributed by atoms with Crippen molar-refractivity contribution in [3.05, 3.63) is 81.5 Å². The molecule has 1 saturated carbocycles. The first kappa shape index (κ1) is 21.6. The van der Waals surface area contributed by atoms with E-state index in [0.29, 0.717) is 40.6 Å². The van der Waals surface area contributed by atoms with Crippen LogP contribution in [-0.2, 0) is 0 Å². The highest BCUT2D eigenvalue weighted by Crippen LogP contribution is 2.42. The predicted octanol–water partition coefficient (Wildman–Crippen LogP) is 6.70. The topological polar surface area (TPSA) is 34.9 Å². The largest absolute Gasteiger partial charge is 0.391 e. The molecule has 3 nitrogen and oxygen atoms in total. The van der Waals surface area contributed by atoms with E-state index in [4.69, 9.17) is 16.6 Å². The molecule has 1 aromatic heterocycles. The van der Waals surface area contributed by atoms with Crippen molar-refractivity contribution in [3.63, 3.8) is 0 Å². The van der Waals surface area contributed by atoms with Crippen LogP contribution in [0, 0.1) is 12.8 Å². The van der Waals surface area contributed by atoms with Gasteiger partial charge in [-0.15, -0.1) is 0 Å². The van der Waals surface area contributed by atoms with Gasteiger partial charge in [-0.1, -0.05) is 41.9 Å². The van der Waals surface area contributed by atoms with Gasteiger partial charge in [0, 0.05) is 10.9 Å². The molecule has 0 unspecified atom stereocenters. The summed E-state index contributed by atoms with van der Waals surface area (Å²) in [4.78, 5) is 18.4. The molecule has 2 aromatic carbocycles. The van der Waals surface area contributed by atoms with Crippen molar-refractivity contribution in [3.8, 4) is 16.8 Å². The highest BCUT2D eigenvalue weighted by molar-refractivity contribution is 6.30. The highest BCUT2D eigenvalue weighted by Gasteiger charge is 2.42. The van der Waals surface area contributed by atoms with E-state index >= 15 is 0 Å². The number of alkyl halides is 3. The van der Waals surface area contributed by atoms with E-state index in [2.05, 4.69) is 0 Å². The fraction of sp³-hybridized carbons (Fsp3) is 0.333. The molecule has 0 atom stereocenters. The summed E-state index contributed by atoms with van der Waals surface area (Å²) in [5, 5.41) is 0.535. The Labute approximate surface area is 183 Å². The van der Waals surface area contributed by atoms with Crippen molar-refractivity contribution in [2.24, 2.45) is 5.92 Å². The van der Waals surface area contributed by atoms with Crippen molar-refractivity contribution in [1.82, 2.24) is 9.55 Å². The maximum atomic E-state index is 13.7. The van der Waals surface area contributed by atoms with Gasteiger partial charge in [0.1, 0.15) is 5.82 Å². The van der Waals surface area contributed by atoms with Crippen LogP contribution >= 0.6 is 11.6 Å². The molecule has 0 N–H and O–H groups in total. The molecular formula is C24H22ClF3N2O. The van der Waals surface area contributed by atoms with Gasteiger partial charge in [-0.25, -0.2) is 4.98 Å². The van der Waals surface area contributed by atoms with Gasteiger partial charge in [0.15, 0.2) is 0 Å². The lowest BCUT2D eigenvalue weighted by Gasteiger charge is -2.31. The summed E-state index contributed by atoms with van der Waals surface area (Å²) in [5.74, 6) is -0.986. The molecule has 162 valence electrons. The average Bonchev–Trinajstić information content (AvgIpc) is 2.74. The number of halogens is 4. The van der Waals surface area contributed by atoms with Crippen LogP contribution in [0.1, 0.15) is 43.1 Å². The standard InChI is InChI=1S/C24H22ClF3N2O/c1-15-21(16-5-3-2-4-6-16)23(31)30(20-13-11-19(25)12-14-20)22(29-15)17-7-9-18(10-8-17)24(26,27)28/h2-6,11-14,17-18H,7-10H2,1H3/t17-,18+. The zero-order valence-corrected chi connectivity index (χ0v) is 17.7. The summed E-state index contributed by atoms with van der Waals surface area (Å²) in [6, 6.07) is 16.1. The molecule has 4 rings (SSSR count). The fourth-order valence-electron chi connectivity index (χ4n) is 4.38. The van der Waals surface area contributed by atoms with E-state index in [-0.39, 0.29) is 24.3 Å². The van der Waals surface area contributed by atoms with E-state index in [0.717, 1.165) is 5.56 Å². The number of rotatable bonds is 3. The minimum atomic E-state index is -4.18. The lowest BCUT2D eigenvalue weighted by Crippen LogP contribution is -2.32. The lowest BCUT2D eigenvalue weighted by molar-refractivity contribution is -0.182. The zero-order valence-electron chi connectivity index (χ0n) is 17.0. The van der Waals surface area contributed by atoms with Crippen LogP contribution < -0.4 is 5.56 Å². The van der Waals surface area contributed by atoms with E-state index in [1.165, 1.54) is 0 Å². The van der Waals surface area contributed by atoms with E-state index in [1.807, 2.05) is 30.3 Å². The number of hydrogen-bond acceptors (Lipinski definition) is 2. The number of aromatic nitrogens is 2. The number of benzene rings is 2. The van der Waals surface area contributed by atoms with Crippen LogP contribution in [0.3, 0.4) is 0 Å². The lowest BCUT2D eigenvalue weighted by atomic mass is 9.81. The number of nitrogens with zero attached hydrogens (tertiary/aromatic N) is 2. The van der Waals surface area contributed by atoms with Crippen LogP contribution in [-0.4, -0.2) is 15.7 Å². The van der Waals surface area contributed by atoms with Gasteiger partial charge in [0.2, 0.25) is 0 Å². The van der Waals surface area contributed by atoms with Crippen molar-refractivity contribution >= 4 is 11.6 Å². The first-order chi connectivity index (χ1) is 14.8. The van der Waals surface area contributed by atoms with Crippen LogP contribution in [0.5, 0.6) is 0 Å². The summed E-state index contributed by atoms with van der Waals surface area (Å²) in [5.41, 5.74) is 2.20. The maximum Gasteiger partial charge on any atom is 0.391 e. The smallest absolute Gasteiger partial charge is 0.268 e. The van der Waals surface area contributed by atoms with Gasteiger partial charge in [0.25, 0.3) is 5.56 Å². The Hall–Kier alpha value is -2.60. The number of hydrogen-bond donors (Lipinski definition) is 0. The molecule has 1 aliphatic rings. The molecule has 0 radical (unpaired) electrons. The molecule has 0 aliphatic heterocycles. The Kier molecular flexibility index (Phi) is 5.93. The van der Waals surface area contributed by atoms with E-state index < -0.39 is 12.1 Å². The molecule has 3 aromatic rings. The van der Waals surface area contributed by atoms with Crippen molar-refractivity contribution in [1.29, 1.82) is 0 Å². The third kappa shape index (κ3) is 4.40. The molecule has 1 heterocycles. The second kappa shape index (κ2) is 8.50. The molecule has 0 amide bonds. The zero-order chi connectivity index (χ0) is 22.2. The minimum absolute atomic E-state index is 0.0458.